The molecule has 0 saturated carbocycles. The quantitative estimate of drug-likeness (QED) is 0.873. The van der Waals surface area contributed by atoms with Crippen LogP contribution in [0.5, 0.6) is 0 Å². The number of hydrogen-bond acceptors (Lipinski definition) is 1. The van der Waals surface area contributed by atoms with Crippen LogP contribution in [0.1, 0.15) is 41.4 Å². The van der Waals surface area contributed by atoms with E-state index in [-0.39, 0.29) is 18.2 Å². The number of hydrogen-bond donors (Lipinski definition) is 1. The zero-order valence-corrected chi connectivity index (χ0v) is 11.5. The highest BCUT2D eigenvalue weighted by atomic mass is 19.2. The normalized spacial score (nSPS) is 11.1. The molecule has 0 unspecified atom stereocenters. The number of aromatic carboxylic acids is 1. The second kappa shape index (κ2) is 5.63. The molecule has 0 fully saturated rings. The smallest absolute Gasteiger partial charge is 0.352 e. The lowest BCUT2D eigenvalue weighted by Crippen LogP contribution is -2.11. The lowest BCUT2D eigenvalue weighted by molar-refractivity contribution is 0.0685. The minimum Gasteiger partial charge on any atom is -0.477 e. The van der Waals surface area contributed by atoms with Crippen molar-refractivity contribution in [2.45, 2.75) is 26.3 Å². The Balaban J connectivity index is 2.49. The number of rotatable bonds is 4. The molecule has 2 aromatic rings. The minimum absolute atomic E-state index is 0.0616. The fraction of sp³-hybridized carbons (Fsp3) is 0.267. The SMILES string of the molecule is CC(C)c1cc(C(=O)O)n(Cc2c(F)ccc(F)c2F)c1. The lowest BCUT2D eigenvalue weighted by Gasteiger charge is -2.09. The van der Waals surface area contributed by atoms with Gasteiger partial charge in [-0.3, -0.25) is 0 Å². The average Bonchev–Trinajstić information content (AvgIpc) is 2.83. The van der Waals surface area contributed by atoms with E-state index in [1.165, 1.54) is 16.8 Å². The zero-order valence-electron chi connectivity index (χ0n) is 11.5. The second-order valence-electron chi connectivity index (χ2n) is 5.07. The first-order chi connectivity index (χ1) is 9.81. The molecule has 0 amide bonds. The molecule has 1 heterocycles. The van der Waals surface area contributed by atoms with Crippen molar-refractivity contribution in [2.75, 3.05) is 0 Å². The Morgan fingerprint density at radius 3 is 2.43 bits per heavy atom. The fourth-order valence-electron chi connectivity index (χ4n) is 2.04. The predicted octanol–water partition coefficient (Wildman–Crippen LogP) is 3.78. The van der Waals surface area contributed by atoms with Gasteiger partial charge in [-0.2, -0.15) is 0 Å². The van der Waals surface area contributed by atoms with Gasteiger partial charge in [0.1, 0.15) is 11.5 Å². The third-order valence-corrected chi connectivity index (χ3v) is 3.27. The summed E-state index contributed by atoms with van der Waals surface area (Å²) in [5.74, 6) is -4.53. The lowest BCUT2D eigenvalue weighted by atomic mass is 10.1. The van der Waals surface area contributed by atoms with Gasteiger partial charge in [-0.25, -0.2) is 18.0 Å². The van der Waals surface area contributed by atoms with Crippen LogP contribution in [-0.2, 0) is 6.54 Å². The summed E-state index contributed by atoms with van der Waals surface area (Å²) in [5, 5.41) is 9.15. The summed E-state index contributed by atoms with van der Waals surface area (Å²) in [4.78, 5) is 11.2. The molecule has 2 rings (SSSR count). The van der Waals surface area contributed by atoms with Gasteiger partial charge in [-0.15, -0.1) is 0 Å². The number of nitrogens with zero attached hydrogens (tertiary/aromatic N) is 1. The average molecular weight is 297 g/mol. The van der Waals surface area contributed by atoms with Gasteiger partial charge in [0.25, 0.3) is 0 Å². The van der Waals surface area contributed by atoms with Crippen LogP contribution in [0.25, 0.3) is 0 Å². The highest BCUT2D eigenvalue weighted by Gasteiger charge is 2.19. The third-order valence-electron chi connectivity index (χ3n) is 3.27. The van der Waals surface area contributed by atoms with Crippen molar-refractivity contribution in [3.8, 4) is 0 Å². The third kappa shape index (κ3) is 2.94. The molecule has 21 heavy (non-hydrogen) atoms. The number of halogens is 3. The molecule has 1 aromatic carbocycles. The van der Waals surface area contributed by atoms with Gasteiger partial charge in [0, 0.05) is 11.8 Å². The van der Waals surface area contributed by atoms with E-state index in [2.05, 4.69) is 0 Å². The molecule has 0 aliphatic heterocycles. The van der Waals surface area contributed by atoms with Crippen molar-refractivity contribution < 1.29 is 23.1 Å². The number of benzene rings is 1. The maximum atomic E-state index is 13.7. The van der Waals surface area contributed by atoms with E-state index in [0.29, 0.717) is 6.07 Å². The Morgan fingerprint density at radius 2 is 1.86 bits per heavy atom. The molecule has 3 nitrogen and oxygen atoms in total. The summed E-state index contributed by atoms with van der Waals surface area (Å²) in [7, 11) is 0. The molecule has 0 bridgehead atoms. The second-order valence-corrected chi connectivity index (χ2v) is 5.07. The van der Waals surface area contributed by atoms with Crippen LogP contribution >= 0.6 is 0 Å². The number of aromatic nitrogens is 1. The Labute approximate surface area is 119 Å². The molecule has 112 valence electrons. The molecule has 0 aliphatic carbocycles. The molecule has 0 radical (unpaired) electrons. The van der Waals surface area contributed by atoms with Crippen LogP contribution in [0.3, 0.4) is 0 Å². The van der Waals surface area contributed by atoms with Crippen LogP contribution in [0.2, 0.25) is 0 Å². The van der Waals surface area contributed by atoms with E-state index in [1.54, 1.807) is 0 Å². The maximum Gasteiger partial charge on any atom is 0.352 e. The largest absolute Gasteiger partial charge is 0.477 e. The Hall–Kier alpha value is -2.24. The summed E-state index contributed by atoms with van der Waals surface area (Å²) in [5.41, 5.74) is 0.134. The number of carboxylic acid groups (broad SMARTS) is 1. The van der Waals surface area contributed by atoms with Gasteiger partial charge in [-0.05, 0) is 29.7 Å². The van der Waals surface area contributed by atoms with Gasteiger partial charge >= 0.3 is 5.97 Å². The predicted molar refractivity (Wildman–Crippen MR) is 70.9 cm³/mol. The van der Waals surface area contributed by atoms with Gasteiger partial charge < -0.3 is 9.67 Å². The van der Waals surface area contributed by atoms with E-state index < -0.39 is 29.0 Å². The minimum atomic E-state index is -1.30. The van der Waals surface area contributed by atoms with Crippen LogP contribution in [0.15, 0.2) is 24.4 Å². The summed E-state index contributed by atoms with van der Waals surface area (Å²) < 4.78 is 41.7. The maximum absolute atomic E-state index is 13.7. The van der Waals surface area contributed by atoms with Crippen LogP contribution in [0.4, 0.5) is 13.2 Å². The van der Waals surface area contributed by atoms with Gasteiger partial charge in [0.15, 0.2) is 11.6 Å². The van der Waals surface area contributed by atoms with Crippen LogP contribution in [-0.4, -0.2) is 15.6 Å². The molecule has 0 aliphatic rings. The molecule has 6 heteroatoms. The Bertz CT molecular complexity index is 692. The van der Waals surface area contributed by atoms with E-state index in [1.807, 2.05) is 13.8 Å². The number of carbonyl (C=O) groups is 1. The summed E-state index contributed by atoms with van der Waals surface area (Å²) in [6.07, 6.45) is 1.51. The first kappa shape index (κ1) is 15.2. The molecule has 1 aromatic heterocycles. The van der Waals surface area contributed by atoms with Crippen molar-refractivity contribution in [1.29, 1.82) is 0 Å². The molecular weight excluding hydrogens is 283 g/mol. The van der Waals surface area contributed by atoms with E-state index >= 15 is 0 Å². The fourth-order valence-corrected chi connectivity index (χ4v) is 2.04. The first-order valence-electron chi connectivity index (χ1n) is 6.37. The van der Waals surface area contributed by atoms with Gasteiger partial charge in [-0.1, -0.05) is 13.8 Å². The highest BCUT2D eigenvalue weighted by Crippen LogP contribution is 2.22. The monoisotopic (exact) mass is 297 g/mol. The highest BCUT2D eigenvalue weighted by molar-refractivity contribution is 5.86. The van der Waals surface area contributed by atoms with Crippen molar-refractivity contribution in [2.24, 2.45) is 0 Å². The van der Waals surface area contributed by atoms with E-state index in [4.69, 9.17) is 5.11 Å². The van der Waals surface area contributed by atoms with Crippen LogP contribution in [0, 0.1) is 17.5 Å². The van der Waals surface area contributed by atoms with Crippen LogP contribution < -0.4 is 0 Å². The van der Waals surface area contributed by atoms with E-state index in [9.17, 15) is 18.0 Å². The Kier molecular flexibility index (Phi) is 4.06. The summed E-state index contributed by atoms with van der Waals surface area (Å²) in [6, 6.07) is 2.96. The molecule has 0 saturated heterocycles. The van der Waals surface area contributed by atoms with Crippen molar-refractivity contribution in [3.05, 3.63) is 58.7 Å². The van der Waals surface area contributed by atoms with Gasteiger partial charge in [0.2, 0.25) is 0 Å². The molecule has 0 atom stereocenters. The van der Waals surface area contributed by atoms with Crippen molar-refractivity contribution in [1.82, 2.24) is 4.57 Å². The summed E-state index contributed by atoms with van der Waals surface area (Å²) in [6.45, 7) is 3.35. The first-order valence-corrected chi connectivity index (χ1v) is 6.37. The van der Waals surface area contributed by atoms with Crippen molar-refractivity contribution in [3.63, 3.8) is 0 Å². The summed E-state index contributed by atoms with van der Waals surface area (Å²) >= 11 is 0. The van der Waals surface area contributed by atoms with Crippen molar-refractivity contribution >= 4 is 5.97 Å². The Morgan fingerprint density at radius 1 is 1.24 bits per heavy atom. The zero-order chi connectivity index (χ0) is 15.7. The topological polar surface area (TPSA) is 42.2 Å². The standard InChI is InChI=1S/C15H14F3NO2/c1-8(2)9-5-13(15(20)21)19(6-9)7-10-11(16)3-4-12(17)14(10)18/h3-6,8H,7H2,1-2H3,(H,20,21). The molecular formula is C15H14F3NO2. The number of carboxylic acids is 1. The molecule has 0 spiro atoms. The van der Waals surface area contributed by atoms with E-state index in [0.717, 1.165) is 11.6 Å². The molecule has 1 N–H and O–H groups in total. The van der Waals surface area contributed by atoms with Gasteiger partial charge in [0.05, 0.1) is 6.54 Å².